The van der Waals surface area contributed by atoms with Crippen molar-refractivity contribution in [1.82, 2.24) is 14.5 Å². The van der Waals surface area contributed by atoms with Gasteiger partial charge in [0.05, 0.1) is 6.33 Å². The van der Waals surface area contributed by atoms with E-state index in [-0.39, 0.29) is 11.9 Å². The Hall–Kier alpha value is -2.83. The fourth-order valence-corrected chi connectivity index (χ4v) is 4.17. The number of urea groups is 1. The van der Waals surface area contributed by atoms with Crippen molar-refractivity contribution in [2.24, 2.45) is 5.92 Å². The van der Waals surface area contributed by atoms with Crippen LogP contribution in [0.15, 0.2) is 36.9 Å². The van der Waals surface area contributed by atoms with Crippen molar-refractivity contribution < 1.29 is 9.59 Å². The summed E-state index contributed by atoms with van der Waals surface area (Å²) in [7, 11) is 0. The highest BCUT2D eigenvalue weighted by Gasteiger charge is 2.25. The lowest BCUT2D eigenvalue weighted by molar-refractivity contribution is -0.117. The first-order chi connectivity index (χ1) is 13.6. The van der Waals surface area contributed by atoms with E-state index in [2.05, 4.69) is 14.9 Å². The molecule has 7 heteroatoms. The van der Waals surface area contributed by atoms with Crippen LogP contribution >= 0.6 is 0 Å². The topological polar surface area (TPSA) is 70.5 Å². The number of carbonyl (C=O) groups is 2. The van der Waals surface area contributed by atoms with E-state index in [0.29, 0.717) is 12.3 Å². The lowest BCUT2D eigenvalue weighted by Crippen LogP contribution is -2.43. The van der Waals surface area contributed by atoms with Crippen molar-refractivity contribution in [2.75, 3.05) is 29.9 Å². The van der Waals surface area contributed by atoms with Gasteiger partial charge in [0.1, 0.15) is 0 Å². The summed E-state index contributed by atoms with van der Waals surface area (Å²) >= 11 is 0. The number of benzene rings is 1. The summed E-state index contributed by atoms with van der Waals surface area (Å²) < 4.78 is 2.07. The van der Waals surface area contributed by atoms with Crippen molar-refractivity contribution in [1.29, 1.82) is 0 Å². The molecule has 0 spiro atoms. The second kappa shape index (κ2) is 8.04. The zero-order valence-corrected chi connectivity index (χ0v) is 16.3. The van der Waals surface area contributed by atoms with Crippen LogP contribution in [-0.4, -0.2) is 46.0 Å². The van der Waals surface area contributed by atoms with Crippen LogP contribution in [0.4, 0.5) is 16.2 Å². The number of amides is 3. The first-order valence-corrected chi connectivity index (χ1v) is 10.0. The van der Waals surface area contributed by atoms with Crippen LogP contribution in [0.5, 0.6) is 0 Å². The third-order valence-electron chi connectivity index (χ3n) is 5.66. The number of nitrogens with zero attached hydrogens (tertiary/aromatic N) is 4. The van der Waals surface area contributed by atoms with Gasteiger partial charge < -0.3 is 19.7 Å². The van der Waals surface area contributed by atoms with E-state index in [4.69, 9.17) is 0 Å². The molecule has 0 saturated carbocycles. The van der Waals surface area contributed by atoms with E-state index in [9.17, 15) is 9.59 Å². The summed E-state index contributed by atoms with van der Waals surface area (Å²) in [5.74, 6) is 0.592. The normalized spacial score (nSPS) is 19.9. The molecule has 0 aliphatic carbocycles. The van der Waals surface area contributed by atoms with Gasteiger partial charge in [0, 0.05) is 56.4 Å². The van der Waals surface area contributed by atoms with E-state index in [1.165, 1.54) is 0 Å². The Morgan fingerprint density at radius 1 is 1.29 bits per heavy atom. The summed E-state index contributed by atoms with van der Waals surface area (Å²) in [5, 5.41) is 3.03. The fourth-order valence-electron chi connectivity index (χ4n) is 4.17. The number of nitrogens with one attached hydrogen (secondary N) is 1. The van der Waals surface area contributed by atoms with Gasteiger partial charge in [-0.2, -0.15) is 0 Å². The van der Waals surface area contributed by atoms with Crippen LogP contribution in [0.1, 0.15) is 31.2 Å². The highest BCUT2D eigenvalue weighted by atomic mass is 16.2. The summed E-state index contributed by atoms with van der Waals surface area (Å²) in [5.41, 5.74) is 2.69. The van der Waals surface area contributed by atoms with Crippen molar-refractivity contribution in [3.05, 3.63) is 42.5 Å². The maximum absolute atomic E-state index is 12.8. The van der Waals surface area contributed by atoms with Crippen LogP contribution < -0.4 is 10.2 Å². The number of piperidine rings is 1. The van der Waals surface area contributed by atoms with Crippen molar-refractivity contribution in [3.8, 4) is 0 Å². The third-order valence-corrected chi connectivity index (χ3v) is 5.66. The van der Waals surface area contributed by atoms with E-state index in [0.717, 1.165) is 62.4 Å². The molecule has 148 valence electrons. The Balaban J connectivity index is 1.41. The number of rotatable bonds is 4. The van der Waals surface area contributed by atoms with Crippen LogP contribution in [0, 0.1) is 12.8 Å². The highest BCUT2D eigenvalue weighted by molar-refractivity contribution is 5.97. The molecule has 1 aromatic heterocycles. The first kappa shape index (κ1) is 18.5. The standard InChI is InChI=1S/C21H27N5O2/c1-16-6-7-18(12-19(16)26-10-3-5-20(26)27)23-21(28)25-9-2-4-17(14-25)13-24-11-8-22-15-24/h6-8,11-12,15,17H,2-5,9-10,13-14H2,1H3,(H,23,28). The molecule has 0 radical (unpaired) electrons. The molecule has 2 saturated heterocycles. The molecule has 2 fully saturated rings. The van der Waals surface area contributed by atoms with Gasteiger partial charge in [-0.05, 0) is 49.8 Å². The summed E-state index contributed by atoms with van der Waals surface area (Å²) in [6.07, 6.45) is 9.19. The quantitative estimate of drug-likeness (QED) is 0.884. The number of imidazole rings is 1. The summed E-state index contributed by atoms with van der Waals surface area (Å²) in [6.45, 7) is 5.15. The van der Waals surface area contributed by atoms with Gasteiger partial charge in [0.2, 0.25) is 5.91 Å². The SMILES string of the molecule is Cc1ccc(NC(=O)N2CCCC(Cn3ccnc3)C2)cc1N1CCCC1=O. The molecule has 28 heavy (non-hydrogen) atoms. The van der Waals surface area contributed by atoms with Crippen molar-refractivity contribution >= 4 is 23.3 Å². The smallest absolute Gasteiger partial charge is 0.321 e. The number of aryl methyl sites for hydroxylation is 1. The molecule has 1 atom stereocenters. The van der Waals surface area contributed by atoms with Gasteiger partial charge >= 0.3 is 6.03 Å². The molecule has 1 N–H and O–H groups in total. The molecule has 1 aromatic carbocycles. The third kappa shape index (κ3) is 4.03. The Morgan fingerprint density at radius 3 is 2.93 bits per heavy atom. The zero-order chi connectivity index (χ0) is 19.5. The maximum atomic E-state index is 12.8. The molecule has 3 heterocycles. The average Bonchev–Trinajstić information content (AvgIpc) is 3.35. The number of hydrogen-bond acceptors (Lipinski definition) is 3. The van der Waals surface area contributed by atoms with Gasteiger partial charge in [-0.3, -0.25) is 4.79 Å². The molecule has 3 amide bonds. The molecule has 0 bridgehead atoms. The number of anilines is 2. The minimum absolute atomic E-state index is 0.0714. The second-order valence-electron chi connectivity index (χ2n) is 7.79. The highest BCUT2D eigenvalue weighted by Crippen LogP contribution is 2.28. The molecular formula is C21H27N5O2. The van der Waals surface area contributed by atoms with Gasteiger partial charge in [-0.1, -0.05) is 6.07 Å². The molecule has 2 aliphatic heterocycles. The molecule has 4 rings (SSSR count). The largest absolute Gasteiger partial charge is 0.337 e. The van der Waals surface area contributed by atoms with Gasteiger partial charge in [0.15, 0.2) is 0 Å². The second-order valence-corrected chi connectivity index (χ2v) is 7.79. The Morgan fingerprint density at radius 2 is 2.18 bits per heavy atom. The molecule has 7 nitrogen and oxygen atoms in total. The number of carbonyl (C=O) groups excluding carboxylic acids is 2. The molecule has 1 unspecified atom stereocenters. The van der Waals surface area contributed by atoms with E-state index < -0.39 is 0 Å². The molecular weight excluding hydrogens is 354 g/mol. The average molecular weight is 381 g/mol. The van der Waals surface area contributed by atoms with Gasteiger partial charge in [-0.15, -0.1) is 0 Å². The Bertz CT molecular complexity index is 848. The lowest BCUT2D eigenvalue weighted by Gasteiger charge is -2.33. The van der Waals surface area contributed by atoms with E-state index in [1.54, 1.807) is 6.20 Å². The van der Waals surface area contributed by atoms with E-state index >= 15 is 0 Å². The van der Waals surface area contributed by atoms with Crippen molar-refractivity contribution in [3.63, 3.8) is 0 Å². The van der Waals surface area contributed by atoms with Crippen LogP contribution in [0.25, 0.3) is 0 Å². The predicted molar refractivity (Wildman–Crippen MR) is 108 cm³/mol. The maximum Gasteiger partial charge on any atom is 0.321 e. The van der Waals surface area contributed by atoms with Gasteiger partial charge in [0.25, 0.3) is 0 Å². The summed E-state index contributed by atoms with van der Waals surface area (Å²) in [4.78, 5) is 32.7. The van der Waals surface area contributed by atoms with Crippen LogP contribution in [-0.2, 0) is 11.3 Å². The predicted octanol–water partition coefficient (Wildman–Crippen LogP) is 3.26. The zero-order valence-electron chi connectivity index (χ0n) is 16.3. The molecule has 2 aliphatic rings. The monoisotopic (exact) mass is 381 g/mol. The fraction of sp³-hybridized carbons (Fsp3) is 0.476. The van der Waals surface area contributed by atoms with Crippen LogP contribution in [0.2, 0.25) is 0 Å². The lowest BCUT2D eigenvalue weighted by atomic mass is 9.98. The minimum atomic E-state index is -0.0714. The number of likely N-dealkylation sites (tertiary alicyclic amines) is 1. The first-order valence-electron chi connectivity index (χ1n) is 10.0. The van der Waals surface area contributed by atoms with Gasteiger partial charge in [-0.25, -0.2) is 9.78 Å². The summed E-state index contributed by atoms with van der Waals surface area (Å²) in [6, 6.07) is 5.72. The minimum Gasteiger partial charge on any atom is -0.337 e. The van der Waals surface area contributed by atoms with Crippen LogP contribution in [0.3, 0.4) is 0 Å². The Labute approximate surface area is 165 Å². The Kier molecular flexibility index (Phi) is 5.32. The van der Waals surface area contributed by atoms with E-state index in [1.807, 2.05) is 47.4 Å². The number of aromatic nitrogens is 2. The number of hydrogen-bond donors (Lipinski definition) is 1. The molecule has 2 aromatic rings. The van der Waals surface area contributed by atoms with Crippen molar-refractivity contribution in [2.45, 2.75) is 39.2 Å².